The Balaban J connectivity index is 1.53. The highest BCUT2D eigenvalue weighted by Crippen LogP contribution is 2.66. The summed E-state index contributed by atoms with van der Waals surface area (Å²) in [6, 6.07) is 7.89. The van der Waals surface area contributed by atoms with Crippen LogP contribution in [0.4, 0.5) is 0 Å². The molecule has 0 saturated heterocycles. The lowest BCUT2D eigenvalue weighted by Gasteiger charge is -2.15. The molecule has 2 aliphatic rings. The second kappa shape index (κ2) is 7.65. The van der Waals surface area contributed by atoms with Crippen LogP contribution in [-0.4, -0.2) is 29.3 Å². The summed E-state index contributed by atoms with van der Waals surface area (Å²) in [4.78, 5) is 24.7. The number of aromatic nitrogens is 1. The highest BCUT2D eigenvalue weighted by atomic mass is 16.5. The summed E-state index contributed by atoms with van der Waals surface area (Å²) in [5.41, 5.74) is 5.71. The van der Waals surface area contributed by atoms with Crippen molar-refractivity contribution in [3.05, 3.63) is 35.5 Å². The van der Waals surface area contributed by atoms with Crippen LogP contribution in [-0.2, 0) is 20.9 Å². The minimum Gasteiger partial charge on any atom is -0.465 e. The zero-order chi connectivity index (χ0) is 20.6. The van der Waals surface area contributed by atoms with Crippen LogP contribution in [0.2, 0.25) is 0 Å². The molecule has 0 radical (unpaired) electrons. The molecule has 1 aromatic carbocycles. The van der Waals surface area contributed by atoms with Gasteiger partial charge in [-0.15, -0.1) is 0 Å². The maximum absolute atomic E-state index is 12.6. The van der Waals surface area contributed by atoms with Gasteiger partial charge in [0, 0.05) is 28.1 Å². The normalized spacial score (nSPS) is 25.8. The third kappa shape index (κ3) is 3.45. The third-order valence-corrected chi connectivity index (χ3v) is 6.85. The van der Waals surface area contributed by atoms with Crippen molar-refractivity contribution in [1.82, 2.24) is 9.99 Å². The lowest BCUT2D eigenvalue weighted by atomic mass is 9.90. The summed E-state index contributed by atoms with van der Waals surface area (Å²) in [7, 11) is 0. The summed E-state index contributed by atoms with van der Waals surface area (Å²) in [6.45, 7) is 6.51. The van der Waals surface area contributed by atoms with Crippen molar-refractivity contribution in [2.75, 3.05) is 6.61 Å². The number of rotatable bonds is 6. The van der Waals surface area contributed by atoms with Crippen LogP contribution in [0.15, 0.2) is 29.4 Å². The molecule has 0 spiro atoms. The van der Waals surface area contributed by atoms with E-state index in [0.717, 1.165) is 35.0 Å². The van der Waals surface area contributed by atoms with Crippen molar-refractivity contribution in [1.29, 1.82) is 0 Å². The minimum atomic E-state index is -0.266. The van der Waals surface area contributed by atoms with Gasteiger partial charge in [-0.3, -0.25) is 9.59 Å². The molecule has 4 rings (SSSR count). The van der Waals surface area contributed by atoms with Crippen molar-refractivity contribution in [2.24, 2.45) is 22.4 Å². The van der Waals surface area contributed by atoms with Crippen molar-refractivity contribution in [3.8, 4) is 0 Å². The van der Waals surface area contributed by atoms with E-state index in [2.05, 4.69) is 17.5 Å². The van der Waals surface area contributed by atoms with Gasteiger partial charge in [0.25, 0.3) is 0 Å². The Bertz CT molecular complexity index is 977. The molecule has 2 aliphatic carbocycles. The van der Waals surface area contributed by atoms with E-state index in [4.69, 9.17) is 4.74 Å². The van der Waals surface area contributed by atoms with E-state index in [1.807, 2.05) is 35.8 Å². The smallest absolute Gasteiger partial charge is 0.325 e. The average molecular weight is 396 g/mol. The van der Waals surface area contributed by atoms with E-state index in [0.29, 0.717) is 12.5 Å². The highest BCUT2D eigenvalue weighted by molar-refractivity contribution is 6.01. The summed E-state index contributed by atoms with van der Waals surface area (Å²) in [5.74, 6) is 0.370. The molecule has 29 heavy (non-hydrogen) atoms. The number of fused-ring (bicyclic) bond motifs is 2. The molecular weight excluding hydrogens is 366 g/mol. The first-order valence-electron chi connectivity index (χ1n) is 10.5. The van der Waals surface area contributed by atoms with Gasteiger partial charge in [0.2, 0.25) is 5.91 Å². The maximum atomic E-state index is 12.6. The summed E-state index contributed by atoms with van der Waals surface area (Å²) in [6.07, 6.45) is 6.44. The highest BCUT2D eigenvalue weighted by Gasteiger charge is 2.64. The Morgan fingerprint density at radius 1 is 1.34 bits per heavy atom. The molecule has 1 heterocycles. The standard InChI is InChI=1S/C23H29N3O3/c1-4-29-20(27)14-26-15(2)17(16-9-5-6-11-19(16)26)13-24-25-22(28)21-18-10-7-8-12-23(18,21)3/h5-6,9,11,13,18,21H,4,7-8,10,12,14H2,1-3H3,(H,25,28). The van der Waals surface area contributed by atoms with Crippen molar-refractivity contribution < 1.29 is 14.3 Å². The lowest BCUT2D eigenvalue weighted by molar-refractivity contribution is -0.143. The largest absolute Gasteiger partial charge is 0.465 e. The van der Waals surface area contributed by atoms with E-state index in [-0.39, 0.29) is 29.8 Å². The van der Waals surface area contributed by atoms with Crippen LogP contribution >= 0.6 is 0 Å². The van der Waals surface area contributed by atoms with E-state index in [9.17, 15) is 9.59 Å². The zero-order valence-electron chi connectivity index (χ0n) is 17.4. The van der Waals surface area contributed by atoms with Gasteiger partial charge < -0.3 is 9.30 Å². The number of amides is 1. The van der Waals surface area contributed by atoms with Crippen LogP contribution in [0.25, 0.3) is 10.9 Å². The molecule has 6 nitrogen and oxygen atoms in total. The van der Waals surface area contributed by atoms with Gasteiger partial charge in [-0.25, -0.2) is 5.43 Å². The van der Waals surface area contributed by atoms with Crippen molar-refractivity contribution in [3.63, 3.8) is 0 Å². The fourth-order valence-electron chi connectivity index (χ4n) is 5.24. The quantitative estimate of drug-likeness (QED) is 0.459. The van der Waals surface area contributed by atoms with Crippen molar-refractivity contribution in [2.45, 2.75) is 53.0 Å². The monoisotopic (exact) mass is 395 g/mol. The number of hydrazone groups is 1. The minimum absolute atomic E-state index is 0.0311. The average Bonchev–Trinajstić information content (AvgIpc) is 3.26. The van der Waals surface area contributed by atoms with E-state index >= 15 is 0 Å². The number of para-hydroxylation sites is 1. The maximum Gasteiger partial charge on any atom is 0.325 e. The molecule has 2 fully saturated rings. The number of benzene rings is 1. The number of nitrogens with zero attached hydrogens (tertiary/aromatic N) is 2. The first kappa shape index (κ1) is 19.7. The van der Waals surface area contributed by atoms with E-state index < -0.39 is 0 Å². The van der Waals surface area contributed by atoms with E-state index in [1.165, 1.54) is 12.8 Å². The Morgan fingerprint density at radius 3 is 2.86 bits per heavy atom. The SMILES string of the molecule is CCOC(=O)Cn1c(C)c(C=NNC(=O)C2C3CCCCC32C)c2ccccc21. The van der Waals surface area contributed by atoms with Crippen LogP contribution in [0.1, 0.15) is 50.8 Å². The van der Waals surface area contributed by atoms with Crippen LogP contribution in [0.3, 0.4) is 0 Å². The fraction of sp³-hybridized carbons (Fsp3) is 0.522. The first-order chi connectivity index (χ1) is 14.0. The number of ether oxygens (including phenoxy) is 1. The summed E-state index contributed by atoms with van der Waals surface area (Å²) >= 11 is 0. The number of carbonyl (C=O) groups is 2. The van der Waals surface area contributed by atoms with Crippen LogP contribution in [0, 0.1) is 24.2 Å². The van der Waals surface area contributed by atoms with Crippen LogP contribution < -0.4 is 5.43 Å². The Labute approximate surface area is 171 Å². The molecule has 0 bridgehead atoms. The summed E-state index contributed by atoms with van der Waals surface area (Å²) in [5, 5.41) is 5.28. The topological polar surface area (TPSA) is 72.7 Å². The van der Waals surface area contributed by atoms with Crippen LogP contribution in [0.5, 0.6) is 0 Å². The Morgan fingerprint density at radius 2 is 2.14 bits per heavy atom. The number of hydrogen-bond acceptors (Lipinski definition) is 4. The second-order valence-electron chi connectivity index (χ2n) is 8.48. The number of esters is 1. The molecule has 1 aromatic heterocycles. The van der Waals surface area contributed by atoms with Gasteiger partial charge in [0.15, 0.2) is 0 Å². The molecule has 6 heteroatoms. The molecule has 1 N–H and O–H groups in total. The second-order valence-corrected chi connectivity index (χ2v) is 8.48. The predicted molar refractivity (Wildman–Crippen MR) is 113 cm³/mol. The predicted octanol–water partition coefficient (Wildman–Crippen LogP) is 3.79. The number of nitrogens with one attached hydrogen (secondary N) is 1. The Hall–Kier alpha value is -2.63. The van der Waals surface area contributed by atoms with Gasteiger partial charge in [-0.1, -0.05) is 38.0 Å². The number of hydrogen-bond donors (Lipinski definition) is 1. The molecule has 2 saturated carbocycles. The van der Waals surface area contributed by atoms with Gasteiger partial charge in [-0.05, 0) is 44.1 Å². The van der Waals surface area contributed by atoms with E-state index in [1.54, 1.807) is 13.1 Å². The first-order valence-corrected chi connectivity index (χ1v) is 10.5. The molecule has 0 aliphatic heterocycles. The molecule has 1 amide bonds. The van der Waals surface area contributed by atoms with Crippen molar-refractivity contribution >= 4 is 29.0 Å². The molecule has 2 aromatic rings. The number of carbonyl (C=O) groups excluding carboxylic acids is 2. The lowest BCUT2D eigenvalue weighted by Crippen LogP contribution is -2.22. The fourth-order valence-corrected chi connectivity index (χ4v) is 5.24. The Kier molecular flexibility index (Phi) is 5.19. The molecule has 3 atom stereocenters. The molecular formula is C23H29N3O3. The molecule has 154 valence electrons. The zero-order valence-corrected chi connectivity index (χ0v) is 17.4. The third-order valence-electron chi connectivity index (χ3n) is 6.85. The summed E-state index contributed by atoms with van der Waals surface area (Å²) < 4.78 is 7.05. The van der Waals surface area contributed by atoms with Gasteiger partial charge in [0.1, 0.15) is 6.54 Å². The van der Waals surface area contributed by atoms with Gasteiger partial charge >= 0.3 is 5.97 Å². The van der Waals surface area contributed by atoms with Gasteiger partial charge in [0.05, 0.1) is 12.8 Å². The van der Waals surface area contributed by atoms with Gasteiger partial charge in [-0.2, -0.15) is 5.10 Å². The molecule has 3 unspecified atom stereocenters.